The molecule has 0 radical (unpaired) electrons. The Balaban J connectivity index is 3.28. The van der Waals surface area contributed by atoms with Crippen molar-refractivity contribution in [3.8, 4) is 0 Å². The van der Waals surface area contributed by atoms with Crippen molar-refractivity contribution in [3.63, 3.8) is 0 Å². The van der Waals surface area contributed by atoms with E-state index < -0.39 is 0 Å². The van der Waals surface area contributed by atoms with Gasteiger partial charge in [-0.2, -0.15) is 0 Å². The van der Waals surface area contributed by atoms with Gasteiger partial charge in [0, 0.05) is 13.2 Å². The number of hydrogen-bond acceptors (Lipinski definition) is 2. The smallest absolute Gasteiger partial charge is 0.157 e. The molecule has 22 heavy (non-hydrogen) atoms. The van der Waals surface area contributed by atoms with Gasteiger partial charge in [0.25, 0.3) is 0 Å². The van der Waals surface area contributed by atoms with E-state index in [9.17, 15) is 0 Å². The number of unbranched alkanes of at least 4 members (excludes halogenated alkanes) is 9. The zero-order valence-corrected chi connectivity index (χ0v) is 15.4. The molecule has 0 saturated heterocycles. The van der Waals surface area contributed by atoms with Crippen LogP contribution in [0.4, 0.5) is 0 Å². The van der Waals surface area contributed by atoms with Crippen molar-refractivity contribution < 1.29 is 9.47 Å². The molecule has 0 atom stereocenters. The SMILES string of the molecule is CCCCCCCC/C=C/CCCCCC(OCC)OCC. The summed E-state index contributed by atoms with van der Waals surface area (Å²) in [5, 5.41) is 0. The van der Waals surface area contributed by atoms with Crippen molar-refractivity contribution in [1.29, 1.82) is 0 Å². The predicted octanol–water partition coefficient (Wildman–Crippen LogP) is 6.64. The summed E-state index contributed by atoms with van der Waals surface area (Å²) in [6, 6.07) is 0. The van der Waals surface area contributed by atoms with Crippen LogP contribution in [0.15, 0.2) is 12.2 Å². The standard InChI is InChI=1S/C20H40O2/c1-4-7-8-9-10-11-12-13-14-15-16-17-18-19-20(21-5-2)22-6-3/h13-14,20H,4-12,15-19H2,1-3H3/b14-13+. The fourth-order valence-corrected chi connectivity index (χ4v) is 2.61. The van der Waals surface area contributed by atoms with Crippen LogP contribution in [-0.4, -0.2) is 19.5 Å². The fraction of sp³-hybridized carbons (Fsp3) is 0.900. The molecule has 0 aliphatic rings. The zero-order chi connectivity index (χ0) is 16.3. The molecule has 0 amide bonds. The second-order valence-corrected chi connectivity index (χ2v) is 6.01. The summed E-state index contributed by atoms with van der Waals surface area (Å²) in [5.41, 5.74) is 0. The molecule has 0 saturated carbocycles. The second kappa shape index (κ2) is 18.7. The van der Waals surface area contributed by atoms with E-state index in [1.165, 1.54) is 70.6 Å². The maximum atomic E-state index is 5.55. The van der Waals surface area contributed by atoms with Gasteiger partial charge in [-0.25, -0.2) is 0 Å². The summed E-state index contributed by atoms with van der Waals surface area (Å²) in [6.45, 7) is 7.81. The van der Waals surface area contributed by atoms with Gasteiger partial charge in [-0.15, -0.1) is 0 Å². The molecule has 0 aliphatic carbocycles. The normalized spacial score (nSPS) is 11.8. The third-order valence-electron chi connectivity index (χ3n) is 3.91. The van der Waals surface area contributed by atoms with Gasteiger partial charge in [0.2, 0.25) is 0 Å². The maximum absolute atomic E-state index is 5.55. The van der Waals surface area contributed by atoms with Crippen molar-refractivity contribution in [2.24, 2.45) is 0 Å². The topological polar surface area (TPSA) is 18.5 Å². The number of ether oxygens (including phenoxy) is 2. The van der Waals surface area contributed by atoms with Gasteiger partial charge >= 0.3 is 0 Å². The molecule has 0 fully saturated rings. The Bertz CT molecular complexity index is 220. The molecule has 2 heteroatoms. The fourth-order valence-electron chi connectivity index (χ4n) is 2.61. The van der Waals surface area contributed by atoms with E-state index in [1.807, 2.05) is 13.8 Å². The first-order valence-electron chi connectivity index (χ1n) is 9.73. The average molecular weight is 313 g/mol. The molecule has 0 unspecified atom stereocenters. The minimum absolute atomic E-state index is 0.0123. The molecule has 0 N–H and O–H groups in total. The van der Waals surface area contributed by atoms with E-state index in [1.54, 1.807) is 0 Å². The van der Waals surface area contributed by atoms with Gasteiger partial charge < -0.3 is 9.47 Å². The predicted molar refractivity (Wildman–Crippen MR) is 97.3 cm³/mol. The molecular weight excluding hydrogens is 272 g/mol. The highest BCUT2D eigenvalue weighted by Crippen LogP contribution is 2.11. The number of allylic oxidation sites excluding steroid dienone is 2. The van der Waals surface area contributed by atoms with Crippen molar-refractivity contribution in [3.05, 3.63) is 12.2 Å². The average Bonchev–Trinajstić information content (AvgIpc) is 2.52. The highest BCUT2D eigenvalue weighted by molar-refractivity contribution is 4.81. The molecule has 0 aromatic heterocycles. The van der Waals surface area contributed by atoms with Crippen molar-refractivity contribution in [1.82, 2.24) is 0 Å². The highest BCUT2D eigenvalue weighted by atomic mass is 16.7. The van der Waals surface area contributed by atoms with Crippen LogP contribution in [0.1, 0.15) is 97.8 Å². The van der Waals surface area contributed by atoms with Crippen molar-refractivity contribution in [2.75, 3.05) is 13.2 Å². The van der Waals surface area contributed by atoms with Gasteiger partial charge in [-0.05, 0) is 52.4 Å². The molecule has 0 spiro atoms. The molecule has 0 aromatic carbocycles. The van der Waals surface area contributed by atoms with Crippen molar-refractivity contribution >= 4 is 0 Å². The molecule has 0 bridgehead atoms. The number of rotatable bonds is 17. The number of hydrogen-bond donors (Lipinski definition) is 0. The van der Waals surface area contributed by atoms with Crippen LogP contribution in [0.2, 0.25) is 0 Å². The summed E-state index contributed by atoms with van der Waals surface area (Å²) in [6.07, 6.45) is 20.4. The minimum Gasteiger partial charge on any atom is -0.353 e. The second-order valence-electron chi connectivity index (χ2n) is 6.01. The van der Waals surface area contributed by atoms with Gasteiger partial charge in [0.05, 0.1) is 0 Å². The van der Waals surface area contributed by atoms with Crippen LogP contribution in [0.5, 0.6) is 0 Å². The van der Waals surface area contributed by atoms with Crippen LogP contribution in [0, 0.1) is 0 Å². The van der Waals surface area contributed by atoms with Crippen LogP contribution < -0.4 is 0 Å². The van der Waals surface area contributed by atoms with Crippen LogP contribution in [0.25, 0.3) is 0 Å². The Hall–Kier alpha value is -0.340. The van der Waals surface area contributed by atoms with E-state index in [0.29, 0.717) is 0 Å². The maximum Gasteiger partial charge on any atom is 0.157 e. The van der Waals surface area contributed by atoms with Gasteiger partial charge in [-0.1, -0.05) is 57.6 Å². The lowest BCUT2D eigenvalue weighted by Crippen LogP contribution is -2.17. The third-order valence-corrected chi connectivity index (χ3v) is 3.91. The van der Waals surface area contributed by atoms with E-state index >= 15 is 0 Å². The minimum atomic E-state index is 0.0123. The largest absolute Gasteiger partial charge is 0.353 e. The van der Waals surface area contributed by atoms with E-state index in [-0.39, 0.29) is 6.29 Å². The molecule has 0 aromatic rings. The van der Waals surface area contributed by atoms with E-state index in [0.717, 1.165) is 19.6 Å². The summed E-state index contributed by atoms with van der Waals surface area (Å²) in [4.78, 5) is 0. The Morgan fingerprint density at radius 2 is 1.14 bits per heavy atom. The van der Waals surface area contributed by atoms with Crippen LogP contribution in [-0.2, 0) is 9.47 Å². The first kappa shape index (κ1) is 21.7. The van der Waals surface area contributed by atoms with Crippen LogP contribution >= 0.6 is 0 Å². The lowest BCUT2D eigenvalue weighted by Gasteiger charge is -2.16. The van der Waals surface area contributed by atoms with E-state index in [4.69, 9.17) is 9.47 Å². The van der Waals surface area contributed by atoms with E-state index in [2.05, 4.69) is 19.1 Å². The summed E-state index contributed by atoms with van der Waals surface area (Å²) >= 11 is 0. The Kier molecular flexibility index (Phi) is 18.4. The Labute approximate surface area is 139 Å². The molecule has 132 valence electrons. The van der Waals surface area contributed by atoms with Crippen molar-refractivity contribution in [2.45, 2.75) is 104 Å². The molecule has 0 heterocycles. The Morgan fingerprint density at radius 1 is 0.636 bits per heavy atom. The lowest BCUT2D eigenvalue weighted by molar-refractivity contribution is -0.140. The molecule has 0 rings (SSSR count). The third kappa shape index (κ3) is 16.0. The van der Waals surface area contributed by atoms with Gasteiger partial charge in [0.15, 0.2) is 6.29 Å². The lowest BCUT2D eigenvalue weighted by atomic mass is 10.1. The summed E-state index contributed by atoms with van der Waals surface area (Å²) < 4.78 is 11.1. The van der Waals surface area contributed by atoms with Gasteiger partial charge in [0.1, 0.15) is 0 Å². The molecular formula is C20H40O2. The Morgan fingerprint density at radius 3 is 1.68 bits per heavy atom. The monoisotopic (exact) mass is 312 g/mol. The van der Waals surface area contributed by atoms with Gasteiger partial charge in [-0.3, -0.25) is 0 Å². The summed E-state index contributed by atoms with van der Waals surface area (Å²) in [7, 11) is 0. The van der Waals surface area contributed by atoms with Crippen LogP contribution in [0.3, 0.4) is 0 Å². The zero-order valence-electron chi connectivity index (χ0n) is 15.4. The molecule has 2 nitrogen and oxygen atoms in total. The first-order chi connectivity index (χ1) is 10.8. The molecule has 0 aliphatic heterocycles. The quantitative estimate of drug-likeness (QED) is 0.170. The summed E-state index contributed by atoms with van der Waals surface area (Å²) in [5.74, 6) is 0. The highest BCUT2D eigenvalue weighted by Gasteiger charge is 2.06. The first-order valence-corrected chi connectivity index (χ1v) is 9.73.